The van der Waals surface area contributed by atoms with Crippen LogP contribution in [-0.4, -0.2) is 60.1 Å². The number of benzene rings is 2. The minimum Gasteiger partial charge on any atom is -0.508 e. The minimum atomic E-state index is 0.0565. The Morgan fingerprint density at radius 1 is 1.15 bits per heavy atom. The molecule has 1 saturated heterocycles. The molecule has 0 spiro atoms. The smallest absolute Gasteiger partial charge is 0.210 e. The van der Waals surface area contributed by atoms with Gasteiger partial charge in [-0.3, -0.25) is 9.69 Å². The first-order valence-electron chi connectivity index (χ1n) is 13.1. The first kappa shape index (κ1) is 22.1. The first-order chi connectivity index (χ1) is 16.6. The summed E-state index contributed by atoms with van der Waals surface area (Å²) in [4.78, 5) is 17.3. The Labute approximate surface area is 203 Å². The molecule has 5 atom stereocenters. The highest BCUT2D eigenvalue weighted by atomic mass is 16.3. The van der Waals surface area contributed by atoms with Gasteiger partial charge in [0.05, 0.1) is 0 Å². The molecule has 6 rings (SSSR count). The van der Waals surface area contributed by atoms with E-state index in [1.165, 1.54) is 36.0 Å². The summed E-state index contributed by atoms with van der Waals surface area (Å²) in [5.41, 5.74) is 4.32. The van der Waals surface area contributed by atoms with Crippen molar-refractivity contribution >= 4 is 6.41 Å². The van der Waals surface area contributed by atoms with Crippen LogP contribution in [0, 0.1) is 11.3 Å². The van der Waals surface area contributed by atoms with Crippen LogP contribution in [0.1, 0.15) is 48.8 Å². The summed E-state index contributed by atoms with van der Waals surface area (Å²) >= 11 is 0. The van der Waals surface area contributed by atoms with E-state index in [4.69, 9.17) is 0 Å². The van der Waals surface area contributed by atoms with Crippen molar-refractivity contribution in [2.45, 2.75) is 62.6 Å². The molecular formula is C29H37N3O2. The van der Waals surface area contributed by atoms with E-state index in [9.17, 15) is 9.90 Å². The molecule has 0 radical (unpaired) electrons. The Balaban J connectivity index is 1.43. The lowest BCUT2D eigenvalue weighted by atomic mass is 9.43. The third-order valence-corrected chi connectivity index (χ3v) is 10.1. The van der Waals surface area contributed by atoms with E-state index in [-0.39, 0.29) is 16.9 Å². The number of amides is 1. The molecule has 4 bridgehead atoms. The van der Waals surface area contributed by atoms with Crippen LogP contribution >= 0.6 is 0 Å². The number of likely N-dealkylation sites (N-methyl/N-ethyl adjacent to an activating group) is 1. The number of piperidine rings is 1. The highest BCUT2D eigenvalue weighted by molar-refractivity contribution is 5.52. The molecule has 2 saturated carbocycles. The molecule has 1 aliphatic heterocycles. The summed E-state index contributed by atoms with van der Waals surface area (Å²) in [5, 5.41) is 13.9. The highest BCUT2D eigenvalue weighted by Gasteiger charge is 2.71. The third kappa shape index (κ3) is 3.02. The standard InChI is InChI=1S/C29H37N3O2/c1-30-14-16-31-15-13-29-24-9-11-28(29,27(31)17-22-7-8-23(34)18-25(22)29)12-10-26(24)32(20-33)19-21-5-3-2-4-6-21/h2-8,18,20,24,26-27,30,34H,9-17,19H2,1H3. The van der Waals surface area contributed by atoms with Gasteiger partial charge in [-0.25, -0.2) is 0 Å². The van der Waals surface area contributed by atoms with Crippen LogP contribution in [0.25, 0.3) is 0 Å². The number of aromatic hydroxyl groups is 1. The maximum atomic E-state index is 12.5. The Morgan fingerprint density at radius 2 is 1.97 bits per heavy atom. The summed E-state index contributed by atoms with van der Waals surface area (Å²) in [6.45, 7) is 3.89. The first-order valence-corrected chi connectivity index (χ1v) is 13.1. The number of nitrogens with zero attached hydrogens (tertiary/aromatic N) is 2. The maximum absolute atomic E-state index is 12.5. The Hall–Kier alpha value is -2.37. The predicted molar refractivity (Wildman–Crippen MR) is 134 cm³/mol. The van der Waals surface area contributed by atoms with Crippen LogP contribution in [0.2, 0.25) is 0 Å². The van der Waals surface area contributed by atoms with Crippen molar-refractivity contribution in [3.63, 3.8) is 0 Å². The lowest BCUT2D eigenvalue weighted by Gasteiger charge is -2.67. The average molecular weight is 460 g/mol. The van der Waals surface area contributed by atoms with Crippen LogP contribution in [0.15, 0.2) is 48.5 Å². The van der Waals surface area contributed by atoms with Crippen molar-refractivity contribution in [2.24, 2.45) is 11.3 Å². The zero-order valence-corrected chi connectivity index (χ0v) is 20.2. The Morgan fingerprint density at radius 3 is 2.76 bits per heavy atom. The molecule has 2 N–H and O–H groups in total. The highest BCUT2D eigenvalue weighted by Crippen LogP contribution is 2.72. The van der Waals surface area contributed by atoms with E-state index < -0.39 is 0 Å². The lowest BCUT2D eigenvalue weighted by Crippen LogP contribution is -2.70. The predicted octanol–water partition coefficient (Wildman–Crippen LogP) is 3.70. The second-order valence-electron chi connectivity index (χ2n) is 11.1. The Kier molecular flexibility index (Phi) is 5.45. The number of rotatable bonds is 7. The number of phenolic OH excluding ortho intramolecular Hbond substituents is 1. The van der Waals surface area contributed by atoms with Crippen molar-refractivity contribution in [3.8, 4) is 5.75 Å². The van der Waals surface area contributed by atoms with Crippen molar-refractivity contribution in [2.75, 3.05) is 26.7 Å². The third-order valence-electron chi connectivity index (χ3n) is 10.1. The van der Waals surface area contributed by atoms with Gasteiger partial charge in [0.2, 0.25) is 6.41 Å². The van der Waals surface area contributed by atoms with E-state index in [1.807, 2.05) is 19.2 Å². The molecule has 4 aliphatic rings. The summed E-state index contributed by atoms with van der Waals surface area (Å²) in [6, 6.07) is 17.4. The van der Waals surface area contributed by atoms with Crippen molar-refractivity contribution in [1.82, 2.24) is 15.1 Å². The van der Waals surface area contributed by atoms with Crippen LogP contribution in [-0.2, 0) is 23.2 Å². The van der Waals surface area contributed by atoms with Crippen LogP contribution in [0.4, 0.5) is 0 Å². The zero-order chi connectivity index (χ0) is 23.3. The van der Waals surface area contributed by atoms with Gasteiger partial charge in [-0.15, -0.1) is 0 Å². The summed E-state index contributed by atoms with van der Waals surface area (Å²) in [7, 11) is 2.04. The van der Waals surface area contributed by atoms with Crippen molar-refractivity contribution in [1.29, 1.82) is 0 Å². The SMILES string of the molecule is CNCCN1CCC23c4cc(O)ccc4CC1C21CCC(N(C=O)Cc2ccccc2)C3CC1. The maximum Gasteiger partial charge on any atom is 0.210 e. The van der Waals surface area contributed by atoms with E-state index in [0.29, 0.717) is 24.3 Å². The molecule has 3 aliphatic carbocycles. The average Bonchev–Trinajstić information content (AvgIpc) is 3.09. The van der Waals surface area contributed by atoms with Crippen molar-refractivity contribution in [3.05, 3.63) is 65.2 Å². The van der Waals surface area contributed by atoms with E-state index in [1.54, 1.807) is 0 Å². The monoisotopic (exact) mass is 459 g/mol. The fraction of sp³-hybridized carbons (Fsp3) is 0.552. The molecule has 180 valence electrons. The number of carbonyl (C=O) groups excluding carboxylic acids is 1. The van der Waals surface area contributed by atoms with Gasteiger partial charge in [0.1, 0.15) is 5.75 Å². The quantitative estimate of drug-likeness (QED) is 0.620. The molecule has 34 heavy (non-hydrogen) atoms. The molecule has 0 aromatic heterocycles. The number of hydrogen-bond acceptors (Lipinski definition) is 4. The second kappa shape index (κ2) is 8.39. The molecule has 2 aromatic rings. The number of likely N-dealkylation sites (tertiary alicyclic amines) is 1. The van der Waals surface area contributed by atoms with E-state index in [2.05, 4.69) is 51.5 Å². The fourth-order valence-electron chi connectivity index (χ4n) is 8.86. The minimum absolute atomic E-state index is 0.0565. The number of hydrogen-bond donors (Lipinski definition) is 2. The molecule has 1 amide bonds. The summed E-state index contributed by atoms with van der Waals surface area (Å²) in [6.07, 6.45) is 7.98. The van der Waals surface area contributed by atoms with Gasteiger partial charge >= 0.3 is 0 Å². The van der Waals surface area contributed by atoms with E-state index >= 15 is 0 Å². The van der Waals surface area contributed by atoms with Gasteiger partial charge in [-0.1, -0.05) is 36.4 Å². The normalized spacial score (nSPS) is 33.7. The molecule has 5 unspecified atom stereocenters. The topological polar surface area (TPSA) is 55.8 Å². The zero-order valence-electron chi connectivity index (χ0n) is 20.2. The lowest BCUT2D eigenvalue weighted by molar-refractivity contribution is -0.132. The molecule has 5 heteroatoms. The largest absolute Gasteiger partial charge is 0.508 e. The molecule has 2 aromatic carbocycles. The van der Waals surface area contributed by atoms with Gasteiger partial charge in [-0.2, -0.15) is 0 Å². The summed E-state index contributed by atoms with van der Waals surface area (Å²) < 4.78 is 0. The van der Waals surface area contributed by atoms with Gasteiger partial charge < -0.3 is 15.3 Å². The van der Waals surface area contributed by atoms with Gasteiger partial charge in [-0.05, 0) is 92.3 Å². The second-order valence-corrected chi connectivity index (χ2v) is 11.1. The van der Waals surface area contributed by atoms with E-state index in [0.717, 1.165) is 45.3 Å². The van der Waals surface area contributed by atoms with Crippen LogP contribution in [0.5, 0.6) is 5.75 Å². The van der Waals surface area contributed by atoms with Crippen molar-refractivity contribution < 1.29 is 9.90 Å². The molecular weight excluding hydrogens is 422 g/mol. The molecule has 1 heterocycles. The van der Waals surface area contributed by atoms with Gasteiger partial charge in [0.15, 0.2) is 0 Å². The van der Waals surface area contributed by atoms with Gasteiger partial charge in [0.25, 0.3) is 0 Å². The van der Waals surface area contributed by atoms with Gasteiger partial charge in [0, 0.05) is 37.1 Å². The number of phenols is 1. The Bertz CT molecular complexity index is 1060. The van der Waals surface area contributed by atoms with Crippen LogP contribution in [0.3, 0.4) is 0 Å². The molecule has 3 fully saturated rings. The summed E-state index contributed by atoms with van der Waals surface area (Å²) in [5.74, 6) is 0.836. The fourth-order valence-corrected chi connectivity index (χ4v) is 8.86. The number of nitrogens with one attached hydrogen (secondary N) is 1. The molecule has 5 nitrogen and oxygen atoms in total. The number of carbonyl (C=O) groups is 1. The number of fused-ring (bicyclic) bond motifs is 1. The van der Waals surface area contributed by atoms with Crippen LogP contribution < -0.4 is 5.32 Å².